The molecule has 1 saturated heterocycles. The maximum absolute atomic E-state index is 13.5. The Labute approximate surface area is 175 Å². The molecule has 0 bridgehead atoms. The van der Waals surface area contributed by atoms with Crippen molar-refractivity contribution >= 4 is 22.8 Å². The number of ether oxygens (including phenoxy) is 1. The molecule has 2 aromatic heterocycles. The number of likely N-dealkylation sites (tertiary alicyclic amines) is 1. The lowest BCUT2D eigenvalue weighted by molar-refractivity contribution is 0.0723. The largest absolute Gasteiger partial charge is 0.497 e. The molecule has 1 saturated carbocycles. The third-order valence-electron chi connectivity index (χ3n) is 6.12. The van der Waals surface area contributed by atoms with Gasteiger partial charge >= 0.3 is 0 Å². The molecule has 1 N–H and O–H groups in total. The topological polar surface area (TPSA) is 80.5 Å². The summed E-state index contributed by atoms with van der Waals surface area (Å²) in [7, 11) is 1.65. The molecule has 2 fully saturated rings. The van der Waals surface area contributed by atoms with Crippen LogP contribution in [-0.4, -0.2) is 40.0 Å². The Morgan fingerprint density at radius 2 is 2.13 bits per heavy atom. The highest BCUT2D eigenvalue weighted by molar-refractivity contribution is 5.95. The first kappa shape index (κ1) is 18.9. The summed E-state index contributed by atoms with van der Waals surface area (Å²) in [6.07, 6.45) is 4.02. The molecule has 1 aliphatic heterocycles. The third kappa shape index (κ3) is 3.38. The van der Waals surface area contributed by atoms with Crippen molar-refractivity contribution in [3.8, 4) is 5.75 Å². The number of hydrogen-bond acceptors (Lipinski definition) is 6. The summed E-state index contributed by atoms with van der Waals surface area (Å²) in [6.45, 7) is 4.72. The predicted octanol–water partition coefficient (Wildman–Crippen LogP) is 4.48. The number of fused-ring (bicyclic) bond motifs is 1. The zero-order chi connectivity index (χ0) is 20.9. The number of methoxy groups -OCH3 is 1. The molecule has 3 heterocycles. The van der Waals surface area contributed by atoms with Crippen LogP contribution in [0.4, 0.5) is 5.82 Å². The van der Waals surface area contributed by atoms with Crippen LogP contribution < -0.4 is 10.1 Å². The van der Waals surface area contributed by atoms with Gasteiger partial charge in [-0.3, -0.25) is 4.79 Å². The molecule has 3 aromatic rings. The molecular weight excluding hydrogens is 380 g/mol. The van der Waals surface area contributed by atoms with E-state index in [9.17, 15) is 4.79 Å². The maximum atomic E-state index is 13.5. The second-order valence-electron chi connectivity index (χ2n) is 8.59. The van der Waals surface area contributed by atoms with Crippen LogP contribution >= 0.6 is 0 Å². The Morgan fingerprint density at radius 1 is 1.30 bits per heavy atom. The van der Waals surface area contributed by atoms with Gasteiger partial charge in [0.1, 0.15) is 17.3 Å². The molecule has 5 rings (SSSR count). The van der Waals surface area contributed by atoms with E-state index in [4.69, 9.17) is 9.15 Å². The number of anilines is 1. The van der Waals surface area contributed by atoms with Crippen LogP contribution in [0.25, 0.3) is 11.1 Å². The molecule has 7 heteroatoms. The van der Waals surface area contributed by atoms with Gasteiger partial charge in [0.2, 0.25) is 11.5 Å². The summed E-state index contributed by atoms with van der Waals surface area (Å²) in [5.74, 6) is 2.24. The highest BCUT2D eigenvalue weighted by atomic mass is 16.5. The molecule has 7 nitrogen and oxygen atoms in total. The number of carbonyl (C=O) groups excluding carboxylic acids is 1. The monoisotopic (exact) mass is 406 g/mol. The van der Waals surface area contributed by atoms with E-state index in [-0.39, 0.29) is 23.3 Å². The average Bonchev–Trinajstić information content (AvgIpc) is 3.14. The zero-order valence-electron chi connectivity index (χ0n) is 17.6. The number of aromatic nitrogens is 2. The van der Waals surface area contributed by atoms with Gasteiger partial charge in [0.05, 0.1) is 18.5 Å². The van der Waals surface area contributed by atoms with Crippen molar-refractivity contribution in [2.75, 3.05) is 19.0 Å². The lowest BCUT2D eigenvalue weighted by Crippen LogP contribution is -2.32. The number of carbonyl (C=O) groups is 1. The first-order valence-corrected chi connectivity index (χ1v) is 10.5. The molecule has 1 amide bonds. The Morgan fingerprint density at radius 3 is 2.90 bits per heavy atom. The van der Waals surface area contributed by atoms with Gasteiger partial charge in [-0.15, -0.1) is 0 Å². The number of nitrogens with zero attached hydrogens (tertiary/aromatic N) is 3. The van der Waals surface area contributed by atoms with Crippen molar-refractivity contribution in [3.63, 3.8) is 0 Å². The van der Waals surface area contributed by atoms with E-state index >= 15 is 0 Å². The van der Waals surface area contributed by atoms with Gasteiger partial charge in [0.15, 0.2) is 0 Å². The van der Waals surface area contributed by atoms with Crippen LogP contribution in [0.3, 0.4) is 0 Å². The summed E-state index contributed by atoms with van der Waals surface area (Å²) in [5, 5.41) is 4.32. The SMILES string of the molecule is COc1cccc(C2CCCN2C(=O)c2nc(NC3(C)CC3)c3cc(C)oc3n2)c1. The van der Waals surface area contributed by atoms with Gasteiger partial charge in [-0.2, -0.15) is 4.98 Å². The van der Waals surface area contributed by atoms with Crippen LogP contribution in [0.1, 0.15) is 60.6 Å². The summed E-state index contributed by atoms with van der Waals surface area (Å²) in [5.41, 5.74) is 1.55. The Hall–Kier alpha value is -3.09. The van der Waals surface area contributed by atoms with E-state index < -0.39 is 0 Å². The van der Waals surface area contributed by atoms with Gasteiger partial charge in [0.25, 0.3) is 5.91 Å². The predicted molar refractivity (Wildman–Crippen MR) is 114 cm³/mol. The minimum Gasteiger partial charge on any atom is -0.497 e. The second-order valence-corrected chi connectivity index (χ2v) is 8.59. The average molecular weight is 406 g/mol. The molecule has 1 aliphatic carbocycles. The number of amides is 1. The Bertz CT molecular complexity index is 1120. The van der Waals surface area contributed by atoms with Crippen LogP contribution in [0.15, 0.2) is 34.7 Å². The lowest BCUT2D eigenvalue weighted by atomic mass is 10.0. The van der Waals surface area contributed by atoms with Crippen LogP contribution in [0.5, 0.6) is 5.75 Å². The molecule has 1 atom stereocenters. The lowest BCUT2D eigenvalue weighted by Gasteiger charge is -2.25. The Balaban J connectivity index is 1.50. The number of hydrogen-bond donors (Lipinski definition) is 1. The Kier molecular flexibility index (Phi) is 4.41. The first-order valence-electron chi connectivity index (χ1n) is 10.5. The van der Waals surface area contributed by atoms with Crippen molar-refractivity contribution < 1.29 is 13.9 Å². The molecule has 30 heavy (non-hydrogen) atoms. The number of nitrogens with one attached hydrogen (secondary N) is 1. The zero-order valence-corrected chi connectivity index (χ0v) is 17.6. The fourth-order valence-electron chi connectivity index (χ4n) is 4.16. The highest BCUT2D eigenvalue weighted by Gasteiger charge is 2.39. The number of furan rings is 1. The van der Waals surface area contributed by atoms with Gasteiger partial charge in [-0.25, -0.2) is 4.98 Å². The fraction of sp³-hybridized carbons (Fsp3) is 0.435. The summed E-state index contributed by atoms with van der Waals surface area (Å²) in [6, 6.07) is 9.82. The number of benzene rings is 1. The van der Waals surface area contributed by atoms with E-state index in [1.54, 1.807) is 7.11 Å². The summed E-state index contributed by atoms with van der Waals surface area (Å²) in [4.78, 5) is 24.5. The van der Waals surface area contributed by atoms with Crippen LogP contribution in [0, 0.1) is 6.92 Å². The molecule has 0 spiro atoms. The van der Waals surface area contributed by atoms with Gasteiger partial charge in [0, 0.05) is 12.1 Å². The smallest absolute Gasteiger partial charge is 0.292 e. The second kappa shape index (κ2) is 7.00. The minimum atomic E-state index is -0.166. The molecule has 1 aromatic carbocycles. The van der Waals surface area contributed by atoms with Gasteiger partial charge in [-0.1, -0.05) is 12.1 Å². The quantitative estimate of drug-likeness (QED) is 0.673. The maximum Gasteiger partial charge on any atom is 0.292 e. The first-order chi connectivity index (χ1) is 14.5. The molecule has 156 valence electrons. The fourth-order valence-corrected chi connectivity index (χ4v) is 4.16. The highest BCUT2D eigenvalue weighted by Crippen LogP contribution is 2.40. The number of aryl methyl sites for hydroxylation is 1. The number of rotatable bonds is 5. The third-order valence-corrected chi connectivity index (χ3v) is 6.12. The summed E-state index contributed by atoms with van der Waals surface area (Å²) >= 11 is 0. The van der Waals surface area contributed by atoms with Crippen molar-refractivity contribution in [2.45, 2.75) is 51.1 Å². The van der Waals surface area contributed by atoms with Crippen LogP contribution in [0.2, 0.25) is 0 Å². The van der Waals surface area contributed by atoms with Crippen molar-refractivity contribution in [1.82, 2.24) is 14.9 Å². The van der Waals surface area contributed by atoms with Gasteiger partial charge in [-0.05, 0) is 63.3 Å². The molecular formula is C23H26N4O3. The minimum absolute atomic E-state index is 0.0115. The standard InChI is InChI=1S/C23H26N4O3/c1-14-12-17-19(26-23(2)9-10-23)24-20(25-21(17)30-14)22(28)27-11-5-8-18(27)15-6-4-7-16(13-15)29-3/h4,6-7,12-13,18H,5,8-11H2,1-3H3,(H,24,25,26). The van der Waals surface area contributed by atoms with E-state index in [0.29, 0.717) is 18.1 Å². The van der Waals surface area contributed by atoms with Crippen LogP contribution in [-0.2, 0) is 0 Å². The van der Waals surface area contributed by atoms with Crippen molar-refractivity contribution in [3.05, 3.63) is 47.5 Å². The normalized spacial score (nSPS) is 19.8. The van der Waals surface area contributed by atoms with Crippen molar-refractivity contribution in [1.29, 1.82) is 0 Å². The van der Waals surface area contributed by atoms with E-state index in [0.717, 1.165) is 48.1 Å². The van der Waals surface area contributed by atoms with E-state index in [1.165, 1.54) is 0 Å². The molecule has 0 radical (unpaired) electrons. The van der Waals surface area contributed by atoms with E-state index in [2.05, 4.69) is 22.2 Å². The van der Waals surface area contributed by atoms with Crippen molar-refractivity contribution in [2.24, 2.45) is 0 Å². The molecule has 2 aliphatic rings. The van der Waals surface area contributed by atoms with Gasteiger partial charge < -0.3 is 19.4 Å². The van der Waals surface area contributed by atoms with E-state index in [1.807, 2.05) is 42.2 Å². The molecule has 1 unspecified atom stereocenters. The summed E-state index contributed by atoms with van der Waals surface area (Å²) < 4.78 is 11.1.